The van der Waals surface area contributed by atoms with Crippen LogP contribution in [0.5, 0.6) is 23.0 Å². The van der Waals surface area contributed by atoms with Crippen molar-refractivity contribution in [2.45, 2.75) is 23.6 Å². The maximum Gasteiger partial charge on any atom is 0.210 e. The first kappa shape index (κ1) is 18.5. The number of benzene rings is 2. The minimum Gasteiger partial charge on any atom is -0.504 e. The van der Waals surface area contributed by atoms with Crippen molar-refractivity contribution < 1.29 is 28.8 Å². The number of sulfone groups is 1. The van der Waals surface area contributed by atoms with E-state index in [0.717, 1.165) is 24.3 Å². The summed E-state index contributed by atoms with van der Waals surface area (Å²) >= 11 is 0. The van der Waals surface area contributed by atoms with Gasteiger partial charge >= 0.3 is 0 Å². The zero-order valence-corrected chi connectivity index (χ0v) is 14.6. The van der Waals surface area contributed by atoms with Crippen molar-refractivity contribution in [1.29, 1.82) is 0 Å². The van der Waals surface area contributed by atoms with Crippen LogP contribution in [0.15, 0.2) is 34.1 Å². The molecule has 0 atom stereocenters. The van der Waals surface area contributed by atoms with Gasteiger partial charge in [0.05, 0.1) is 21.2 Å². The first-order valence-corrected chi connectivity index (χ1v) is 9.06. The molecule has 0 radical (unpaired) electrons. The van der Waals surface area contributed by atoms with Crippen LogP contribution in [-0.4, -0.2) is 41.9 Å². The minimum atomic E-state index is -4.19. The number of phenols is 4. The molecule has 6 N–H and O–H groups in total. The fraction of sp³-hybridized carbons (Fsp3) is 0.250. The molecule has 0 saturated carbocycles. The third kappa shape index (κ3) is 3.22. The standard InChI is InChI=1S/C16H20N2O6S/c1-3-17-13-11(7-5-9(19)15(13)21)25(23,24)12-8-6-10(20)16(22)14(12)18-4-2/h5-8,17-22H,3-4H2,1-2H3. The van der Waals surface area contributed by atoms with E-state index >= 15 is 0 Å². The Labute approximate surface area is 145 Å². The molecule has 0 unspecified atom stereocenters. The largest absolute Gasteiger partial charge is 0.504 e. The Morgan fingerprint density at radius 3 is 1.44 bits per heavy atom. The summed E-state index contributed by atoms with van der Waals surface area (Å²) in [5, 5.41) is 44.7. The molecule has 2 aromatic carbocycles. The van der Waals surface area contributed by atoms with Crippen LogP contribution in [-0.2, 0) is 9.84 Å². The zero-order chi connectivity index (χ0) is 18.8. The molecule has 0 amide bonds. The molecule has 0 heterocycles. The molecule has 9 heteroatoms. The molecule has 0 fully saturated rings. The predicted molar refractivity (Wildman–Crippen MR) is 93.3 cm³/mol. The van der Waals surface area contributed by atoms with Crippen LogP contribution in [0.25, 0.3) is 0 Å². The summed E-state index contributed by atoms with van der Waals surface area (Å²) in [6.07, 6.45) is 0. The first-order chi connectivity index (χ1) is 11.8. The van der Waals surface area contributed by atoms with E-state index in [2.05, 4.69) is 10.6 Å². The molecule has 2 aromatic rings. The van der Waals surface area contributed by atoms with Gasteiger partial charge in [-0.05, 0) is 38.1 Å². The highest BCUT2D eigenvalue weighted by molar-refractivity contribution is 7.91. The van der Waals surface area contributed by atoms with Crippen molar-refractivity contribution in [3.05, 3.63) is 24.3 Å². The number of rotatable bonds is 6. The Morgan fingerprint density at radius 2 is 1.12 bits per heavy atom. The lowest BCUT2D eigenvalue weighted by molar-refractivity contribution is 0.403. The van der Waals surface area contributed by atoms with Gasteiger partial charge in [0, 0.05) is 13.1 Å². The molecule has 0 bridgehead atoms. The zero-order valence-electron chi connectivity index (χ0n) is 13.7. The van der Waals surface area contributed by atoms with Gasteiger partial charge in [0.15, 0.2) is 23.0 Å². The highest BCUT2D eigenvalue weighted by atomic mass is 32.2. The first-order valence-electron chi connectivity index (χ1n) is 7.58. The van der Waals surface area contributed by atoms with Crippen LogP contribution in [0.2, 0.25) is 0 Å². The van der Waals surface area contributed by atoms with Crippen LogP contribution in [0.1, 0.15) is 13.8 Å². The Hall–Kier alpha value is -2.81. The van der Waals surface area contributed by atoms with Gasteiger partial charge < -0.3 is 31.1 Å². The highest BCUT2D eigenvalue weighted by Crippen LogP contribution is 2.44. The van der Waals surface area contributed by atoms with E-state index in [0.29, 0.717) is 13.1 Å². The third-order valence-electron chi connectivity index (χ3n) is 3.52. The summed E-state index contributed by atoms with van der Waals surface area (Å²) in [5.41, 5.74) is -0.282. The van der Waals surface area contributed by atoms with Crippen LogP contribution in [0, 0.1) is 0 Å². The van der Waals surface area contributed by atoms with Gasteiger partial charge in [-0.3, -0.25) is 0 Å². The van der Waals surface area contributed by atoms with Crippen LogP contribution >= 0.6 is 0 Å². The lowest BCUT2D eigenvalue weighted by Gasteiger charge is -2.17. The maximum absolute atomic E-state index is 13.1. The van der Waals surface area contributed by atoms with Gasteiger partial charge in [0.1, 0.15) is 0 Å². The fourth-order valence-corrected chi connectivity index (χ4v) is 3.99. The molecule has 0 saturated heterocycles. The molecular formula is C16H20N2O6S. The van der Waals surface area contributed by atoms with Gasteiger partial charge in [0.2, 0.25) is 9.84 Å². The number of aromatic hydroxyl groups is 4. The summed E-state index contributed by atoms with van der Waals surface area (Å²) < 4.78 is 26.2. The van der Waals surface area contributed by atoms with Crippen LogP contribution in [0.4, 0.5) is 11.4 Å². The molecule has 8 nitrogen and oxygen atoms in total. The molecule has 0 aromatic heterocycles. The smallest absolute Gasteiger partial charge is 0.210 e. The Bertz CT molecular complexity index is 828. The normalized spacial score (nSPS) is 11.3. The summed E-state index contributed by atoms with van der Waals surface area (Å²) in [5.74, 6) is -2.10. The molecular weight excluding hydrogens is 348 g/mol. The highest BCUT2D eigenvalue weighted by Gasteiger charge is 2.29. The average Bonchev–Trinajstić information content (AvgIpc) is 2.56. The molecule has 0 aliphatic heterocycles. The second-order valence-corrected chi connectivity index (χ2v) is 7.06. The van der Waals surface area contributed by atoms with Crippen LogP contribution in [0.3, 0.4) is 0 Å². The molecule has 0 aliphatic carbocycles. The van der Waals surface area contributed by atoms with E-state index in [4.69, 9.17) is 0 Å². The lowest BCUT2D eigenvalue weighted by atomic mass is 10.2. The van der Waals surface area contributed by atoms with Gasteiger partial charge in [-0.2, -0.15) is 0 Å². The second-order valence-electron chi connectivity index (χ2n) is 5.18. The van der Waals surface area contributed by atoms with Gasteiger partial charge in [-0.15, -0.1) is 0 Å². The van der Waals surface area contributed by atoms with Gasteiger partial charge in [-0.25, -0.2) is 8.42 Å². The number of hydrogen-bond donors (Lipinski definition) is 6. The summed E-state index contributed by atoms with van der Waals surface area (Å²) in [7, 11) is -4.19. The number of anilines is 2. The Morgan fingerprint density at radius 1 is 0.760 bits per heavy atom. The molecule has 0 aliphatic rings. The maximum atomic E-state index is 13.1. The molecule has 0 spiro atoms. The van der Waals surface area contributed by atoms with Crippen molar-refractivity contribution in [2.24, 2.45) is 0 Å². The van der Waals surface area contributed by atoms with Crippen LogP contribution < -0.4 is 10.6 Å². The lowest BCUT2D eigenvalue weighted by Crippen LogP contribution is -2.11. The summed E-state index contributed by atoms with van der Waals surface area (Å²) in [6, 6.07) is 4.44. The van der Waals surface area contributed by atoms with E-state index in [1.807, 2.05) is 0 Å². The Kier molecular flexibility index (Phi) is 5.17. The van der Waals surface area contributed by atoms with E-state index < -0.39 is 32.8 Å². The predicted octanol–water partition coefficient (Wildman–Crippen LogP) is 2.21. The van der Waals surface area contributed by atoms with Crippen molar-refractivity contribution in [2.75, 3.05) is 23.7 Å². The van der Waals surface area contributed by atoms with Crippen molar-refractivity contribution in [3.63, 3.8) is 0 Å². The topological polar surface area (TPSA) is 139 Å². The fourth-order valence-electron chi connectivity index (χ4n) is 2.38. The quantitative estimate of drug-likeness (QED) is 0.427. The molecule has 2 rings (SSSR count). The van der Waals surface area contributed by atoms with Crippen molar-refractivity contribution in [3.8, 4) is 23.0 Å². The number of nitrogens with one attached hydrogen (secondary N) is 2. The second kappa shape index (κ2) is 6.98. The third-order valence-corrected chi connectivity index (χ3v) is 5.36. The van der Waals surface area contributed by atoms with Gasteiger partial charge in [-0.1, -0.05) is 0 Å². The summed E-state index contributed by atoms with van der Waals surface area (Å²) in [4.78, 5) is -0.539. The van der Waals surface area contributed by atoms with E-state index in [1.165, 1.54) is 0 Å². The molecule has 25 heavy (non-hydrogen) atoms. The minimum absolute atomic E-state index is 0.141. The average molecular weight is 368 g/mol. The summed E-state index contributed by atoms with van der Waals surface area (Å²) in [6.45, 7) is 4.02. The van der Waals surface area contributed by atoms with Crippen molar-refractivity contribution >= 4 is 21.2 Å². The molecule has 136 valence electrons. The van der Waals surface area contributed by atoms with Crippen molar-refractivity contribution in [1.82, 2.24) is 0 Å². The monoisotopic (exact) mass is 368 g/mol. The van der Waals surface area contributed by atoms with E-state index in [1.54, 1.807) is 13.8 Å². The SMILES string of the molecule is CCNc1c(S(=O)(=O)c2ccc(O)c(O)c2NCC)ccc(O)c1O. The number of phenolic OH excluding ortho intramolecular Hbond substituents is 4. The number of hydrogen-bond acceptors (Lipinski definition) is 8. The van der Waals surface area contributed by atoms with E-state index in [-0.39, 0.29) is 21.2 Å². The van der Waals surface area contributed by atoms with Gasteiger partial charge in [0.25, 0.3) is 0 Å². The Balaban J connectivity index is 2.77. The van der Waals surface area contributed by atoms with E-state index in [9.17, 15) is 28.8 Å².